The number of nitrogens with zero attached hydrogens (tertiary/aromatic N) is 2. The number of carbonyl (C=O) groups is 2. The molecule has 3 fully saturated rings. The molecule has 3 aliphatic rings. The Morgan fingerprint density at radius 2 is 1.83 bits per heavy atom. The SMILES string of the molecule is CCOC(=O)c1ccc2nc(N3C4CC[C@H]3CC(OCC(C(=O)C3CC3)=C(N)c3ccccc3OC(F)F)C4)sc2c1. The molecule has 2 saturated heterocycles. The number of carbonyl (C=O) groups excluding carboxylic acids is 2. The third-order valence-corrected chi connectivity index (χ3v) is 9.26. The van der Waals surface area contributed by atoms with Crippen molar-refractivity contribution >= 4 is 44.1 Å². The minimum absolute atomic E-state index is 0.0199. The zero-order valence-corrected chi connectivity index (χ0v) is 24.1. The number of para-hydroxylation sites is 1. The highest BCUT2D eigenvalue weighted by Gasteiger charge is 2.43. The monoisotopic (exact) mass is 597 g/mol. The van der Waals surface area contributed by atoms with Crippen LogP contribution >= 0.6 is 11.3 Å². The predicted octanol–water partition coefficient (Wildman–Crippen LogP) is 5.94. The van der Waals surface area contributed by atoms with Gasteiger partial charge in [-0.2, -0.15) is 8.78 Å². The van der Waals surface area contributed by atoms with Crippen molar-refractivity contribution in [3.63, 3.8) is 0 Å². The minimum atomic E-state index is -3.01. The number of benzene rings is 2. The van der Waals surface area contributed by atoms with Crippen LogP contribution in [0.15, 0.2) is 48.0 Å². The number of Topliss-reactive ketones (excluding diaryl/α,β-unsaturated/α-hetero) is 1. The van der Waals surface area contributed by atoms with E-state index in [1.165, 1.54) is 6.07 Å². The fourth-order valence-corrected chi connectivity index (χ4v) is 7.21. The van der Waals surface area contributed by atoms with E-state index in [0.717, 1.165) is 53.9 Å². The molecule has 2 unspecified atom stereocenters. The summed E-state index contributed by atoms with van der Waals surface area (Å²) in [6, 6.07) is 12.2. The van der Waals surface area contributed by atoms with Crippen molar-refractivity contribution in [3.05, 3.63) is 59.2 Å². The molecular formula is C31H33F2N3O5S. The summed E-state index contributed by atoms with van der Waals surface area (Å²) in [5, 5.41) is 0.932. The molecular weight excluding hydrogens is 564 g/mol. The first-order valence-corrected chi connectivity index (χ1v) is 15.2. The first-order valence-electron chi connectivity index (χ1n) is 14.4. The van der Waals surface area contributed by atoms with E-state index in [1.54, 1.807) is 42.5 Å². The number of fused-ring (bicyclic) bond motifs is 3. The van der Waals surface area contributed by atoms with Gasteiger partial charge in [0.1, 0.15) is 5.75 Å². The van der Waals surface area contributed by atoms with Crippen molar-refractivity contribution in [1.29, 1.82) is 0 Å². The molecule has 2 N–H and O–H groups in total. The quantitative estimate of drug-likeness (QED) is 0.214. The van der Waals surface area contributed by atoms with Gasteiger partial charge in [-0.1, -0.05) is 23.5 Å². The van der Waals surface area contributed by atoms with E-state index in [0.29, 0.717) is 17.7 Å². The number of piperidine rings is 1. The van der Waals surface area contributed by atoms with Gasteiger partial charge in [0.15, 0.2) is 10.9 Å². The fourth-order valence-electron chi connectivity index (χ4n) is 6.06. The third-order valence-electron chi connectivity index (χ3n) is 8.23. The first-order chi connectivity index (χ1) is 20.3. The number of thiazole rings is 1. The Balaban J connectivity index is 1.17. The van der Waals surface area contributed by atoms with Gasteiger partial charge in [0.25, 0.3) is 0 Å². The van der Waals surface area contributed by atoms with Crippen molar-refractivity contribution in [2.75, 3.05) is 18.1 Å². The Kier molecular flexibility index (Phi) is 8.13. The Hall–Kier alpha value is -3.57. The lowest BCUT2D eigenvalue weighted by Gasteiger charge is -2.38. The van der Waals surface area contributed by atoms with Gasteiger partial charge in [-0.15, -0.1) is 0 Å². The van der Waals surface area contributed by atoms with Crippen LogP contribution in [0.2, 0.25) is 0 Å². The number of anilines is 1. The molecule has 0 radical (unpaired) electrons. The molecule has 6 rings (SSSR count). The van der Waals surface area contributed by atoms with E-state index in [1.807, 2.05) is 12.1 Å². The van der Waals surface area contributed by atoms with Crippen LogP contribution < -0.4 is 15.4 Å². The highest BCUT2D eigenvalue weighted by molar-refractivity contribution is 7.22. The fraction of sp³-hybridized carbons (Fsp3) is 0.452. The molecule has 8 nitrogen and oxygen atoms in total. The molecule has 11 heteroatoms. The molecule has 2 aliphatic heterocycles. The second-order valence-corrected chi connectivity index (χ2v) is 12.0. The summed E-state index contributed by atoms with van der Waals surface area (Å²) in [6.45, 7) is -0.878. The van der Waals surface area contributed by atoms with Crippen LogP contribution in [0, 0.1) is 5.92 Å². The molecule has 3 aromatic rings. The summed E-state index contributed by atoms with van der Waals surface area (Å²) in [4.78, 5) is 32.7. The Labute approximate surface area is 246 Å². The van der Waals surface area contributed by atoms with Crippen LogP contribution in [-0.4, -0.2) is 54.7 Å². The Bertz CT molecular complexity index is 1510. The summed E-state index contributed by atoms with van der Waals surface area (Å²) in [6.07, 6.45) is 5.07. The van der Waals surface area contributed by atoms with Crippen LogP contribution in [0.5, 0.6) is 5.75 Å². The molecule has 0 amide bonds. The van der Waals surface area contributed by atoms with Crippen LogP contribution in [0.1, 0.15) is 61.4 Å². The van der Waals surface area contributed by atoms with E-state index < -0.39 is 6.61 Å². The zero-order valence-electron chi connectivity index (χ0n) is 23.3. The zero-order chi connectivity index (χ0) is 29.4. The predicted molar refractivity (Wildman–Crippen MR) is 156 cm³/mol. The van der Waals surface area contributed by atoms with Crippen molar-refractivity contribution in [2.45, 2.75) is 70.2 Å². The summed E-state index contributed by atoms with van der Waals surface area (Å²) < 4.78 is 43.2. The van der Waals surface area contributed by atoms with Gasteiger partial charge in [-0.3, -0.25) is 4.79 Å². The number of rotatable bonds is 11. The molecule has 3 atom stereocenters. The number of esters is 1. The van der Waals surface area contributed by atoms with Crippen LogP contribution in [-0.2, 0) is 14.3 Å². The third kappa shape index (κ3) is 5.85. The maximum absolute atomic E-state index is 13.2. The summed E-state index contributed by atoms with van der Waals surface area (Å²) in [5.74, 6) is -0.600. The van der Waals surface area contributed by atoms with Gasteiger partial charge < -0.3 is 24.8 Å². The molecule has 1 aliphatic carbocycles. The normalized spacial score (nSPS) is 22.4. The Morgan fingerprint density at radius 1 is 1.10 bits per heavy atom. The average molecular weight is 598 g/mol. The van der Waals surface area contributed by atoms with E-state index in [9.17, 15) is 18.4 Å². The Morgan fingerprint density at radius 3 is 2.52 bits per heavy atom. The standard InChI is InChI=1S/C31H33F2N3O5S/c1-2-39-29(38)18-9-12-24-26(13-18)42-31(35-24)36-19-10-11-20(36)15-21(14-19)40-16-23(28(37)17-7-8-17)27(34)22-5-3-4-6-25(22)41-30(32)33/h3-6,9,12-13,17,19-21,30H,2,7-8,10-11,14-16,34H2,1H3/t19-,20?,21?/m0/s1. The maximum Gasteiger partial charge on any atom is 0.387 e. The maximum atomic E-state index is 13.2. The average Bonchev–Trinajstić information content (AvgIpc) is 3.68. The van der Waals surface area contributed by atoms with Crippen molar-refractivity contribution in [3.8, 4) is 5.75 Å². The van der Waals surface area contributed by atoms with E-state index in [4.69, 9.17) is 20.2 Å². The topological polar surface area (TPSA) is 104 Å². The number of nitrogens with two attached hydrogens (primary N) is 1. The molecule has 2 bridgehead atoms. The van der Waals surface area contributed by atoms with E-state index >= 15 is 0 Å². The minimum Gasteiger partial charge on any atom is -0.462 e. The molecule has 2 aromatic carbocycles. The summed E-state index contributed by atoms with van der Waals surface area (Å²) >= 11 is 1.57. The number of halogens is 2. The lowest BCUT2D eigenvalue weighted by atomic mass is 9.98. The van der Waals surface area contributed by atoms with Crippen LogP contribution in [0.25, 0.3) is 15.9 Å². The smallest absolute Gasteiger partial charge is 0.387 e. The highest BCUT2D eigenvalue weighted by Crippen LogP contribution is 2.43. The van der Waals surface area contributed by atoms with Crippen molar-refractivity contribution in [2.24, 2.45) is 11.7 Å². The van der Waals surface area contributed by atoms with Crippen LogP contribution in [0.4, 0.5) is 13.9 Å². The highest BCUT2D eigenvalue weighted by atomic mass is 32.1. The number of ether oxygens (including phenoxy) is 3. The van der Waals surface area contributed by atoms with Gasteiger partial charge in [-0.05, 0) is 75.8 Å². The molecule has 42 heavy (non-hydrogen) atoms. The molecule has 1 saturated carbocycles. The summed E-state index contributed by atoms with van der Waals surface area (Å²) in [5.41, 5.74) is 8.53. The molecule has 0 spiro atoms. The van der Waals surface area contributed by atoms with Gasteiger partial charge in [0.2, 0.25) is 0 Å². The number of hydrogen-bond donors (Lipinski definition) is 1. The van der Waals surface area contributed by atoms with Crippen molar-refractivity contribution < 1.29 is 32.6 Å². The molecule has 3 heterocycles. The second-order valence-electron chi connectivity index (χ2n) is 11.0. The second kappa shape index (κ2) is 12.0. The first kappa shape index (κ1) is 28.5. The number of hydrogen-bond acceptors (Lipinski definition) is 9. The van der Waals surface area contributed by atoms with Crippen LogP contribution in [0.3, 0.4) is 0 Å². The molecule has 222 valence electrons. The van der Waals surface area contributed by atoms with E-state index in [-0.39, 0.29) is 59.5 Å². The summed E-state index contributed by atoms with van der Waals surface area (Å²) in [7, 11) is 0. The largest absolute Gasteiger partial charge is 0.462 e. The van der Waals surface area contributed by atoms with E-state index in [2.05, 4.69) is 9.64 Å². The number of ketones is 1. The van der Waals surface area contributed by atoms with Gasteiger partial charge >= 0.3 is 12.6 Å². The number of aromatic nitrogens is 1. The van der Waals surface area contributed by atoms with Gasteiger partial charge in [0.05, 0.1) is 40.8 Å². The van der Waals surface area contributed by atoms with Gasteiger partial charge in [0, 0.05) is 29.1 Å². The van der Waals surface area contributed by atoms with Gasteiger partial charge in [-0.25, -0.2) is 9.78 Å². The molecule has 1 aromatic heterocycles. The lowest BCUT2D eigenvalue weighted by molar-refractivity contribution is -0.117. The lowest BCUT2D eigenvalue weighted by Crippen LogP contribution is -2.45. The number of alkyl halides is 2. The van der Waals surface area contributed by atoms with Crippen molar-refractivity contribution in [1.82, 2.24) is 4.98 Å².